The van der Waals surface area contributed by atoms with Gasteiger partial charge in [0, 0.05) is 17.4 Å². The average molecular weight is 284 g/mol. The Morgan fingerprint density at radius 3 is 2.33 bits per heavy atom. The van der Waals surface area contributed by atoms with E-state index in [2.05, 4.69) is 43.4 Å². The molecule has 112 valence electrons. The number of ether oxygens (including phenoxy) is 1. The normalized spacial score (nSPS) is 10.4. The fraction of sp³-hybridized carbons (Fsp3) is 0.333. The molecule has 0 spiro atoms. The van der Waals surface area contributed by atoms with Gasteiger partial charge >= 0.3 is 0 Å². The first kappa shape index (κ1) is 15.2. The molecule has 2 aromatic carbocycles. The number of nitrogen functional groups attached to an aromatic ring is 1. The summed E-state index contributed by atoms with van der Waals surface area (Å²) in [5.41, 5.74) is 10.0. The quantitative estimate of drug-likeness (QED) is 0.721. The zero-order valence-corrected chi connectivity index (χ0v) is 12.9. The van der Waals surface area contributed by atoms with Crippen LogP contribution in [0.3, 0.4) is 0 Å². The Labute approximate surface area is 127 Å². The van der Waals surface area contributed by atoms with Crippen molar-refractivity contribution in [1.29, 1.82) is 0 Å². The van der Waals surface area contributed by atoms with Gasteiger partial charge in [-0.25, -0.2) is 0 Å². The van der Waals surface area contributed by atoms with Crippen molar-refractivity contribution < 1.29 is 4.74 Å². The number of nitrogens with one attached hydrogen (secondary N) is 1. The van der Waals surface area contributed by atoms with E-state index in [1.165, 1.54) is 12.0 Å². The molecule has 2 rings (SSSR count). The lowest BCUT2D eigenvalue weighted by Crippen LogP contribution is -2.00. The van der Waals surface area contributed by atoms with Gasteiger partial charge in [0.05, 0.1) is 12.3 Å². The van der Waals surface area contributed by atoms with Gasteiger partial charge in [-0.15, -0.1) is 0 Å². The summed E-state index contributed by atoms with van der Waals surface area (Å²) in [6.07, 6.45) is 3.26. The lowest BCUT2D eigenvalue weighted by atomic mass is 10.1. The van der Waals surface area contributed by atoms with Gasteiger partial charge in [0.1, 0.15) is 5.75 Å². The van der Waals surface area contributed by atoms with Crippen molar-refractivity contribution in [1.82, 2.24) is 0 Å². The summed E-state index contributed by atoms with van der Waals surface area (Å²) in [7, 11) is 0. The number of aryl methyl sites for hydroxylation is 1. The maximum Gasteiger partial charge on any atom is 0.144 e. The number of benzene rings is 2. The molecule has 0 saturated heterocycles. The fourth-order valence-corrected chi connectivity index (χ4v) is 2.16. The molecule has 2 aromatic rings. The van der Waals surface area contributed by atoms with Gasteiger partial charge in [-0.1, -0.05) is 32.4 Å². The van der Waals surface area contributed by atoms with Crippen molar-refractivity contribution in [3.63, 3.8) is 0 Å². The van der Waals surface area contributed by atoms with E-state index < -0.39 is 0 Å². The van der Waals surface area contributed by atoms with E-state index in [1.54, 1.807) is 0 Å². The smallest absolute Gasteiger partial charge is 0.144 e. The average Bonchev–Trinajstić information content (AvgIpc) is 2.50. The van der Waals surface area contributed by atoms with Gasteiger partial charge < -0.3 is 15.8 Å². The van der Waals surface area contributed by atoms with Crippen molar-refractivity contribution in [2.75, 3.05) is 17.7 Å². The Balaban J connectivity index is 2.08. The second-order valence-electron chi connectivity index (χ2n) is 5.17. The van der Waals surface area contributed by atoms with Crippen molar-refractivity contribution >= 4 is 17.1 Å². The number of rotatable bonds is 7. The number of nitrogens with two attached hydrogens (primary N) is 1. The molecule has 0 heterocycles. The number of anilines is 3. The first-order valence-corrected chi connectivity index (χ1v) is 7.61. The molecule has 0 saturated carbocycles. The monoisotopic (exact) mass is 284 g/mol. The molecular weight excluding hydrogens is 260 g/mol. The van der Waals surface area contributed by atoms with Gasteiger partial charge in [0.15, 0.2) is 0 Å². The second kappa shape index (κ2) is 7.58. The molecule has 0 aromatic heterocycles. The summed E-state index contributed by atoms with van der Waals surface area (Å²) >= 11 is 0. The molecule has 3 nitrogen and oxygen atoms in total. The van der Waals surface area contributed by atoms with Crippen molar-refractivity contribution in [3.05, 3.63) is 48.0 Å². The summed E-state index contributed by atoms with van der Waals surface area (Å²) in [5.74, 6) is 0.740. The molecule has 0 aliphatic carbocycles. The van der Waals surface area contributed by atoms with Crippen molar-refractivity contribution in [3.8, 4) is 5.75 Å². The maximum atomic E-state index is 5.92. The highest BCUT2D eigenvalue weighted by molar-refractivity contribution is 5.66. The lowest BCUT2D eigenvalue weighted by molar-refractivity contribution is 0.319. The molecule has 21 heavy (non-hydrogen) atoms. The predicted molar refractivity (Wildman–Crippen MR) is 90.4 cm³/mol. The number of hydrogen-bond acceptors (Lipinski definition) is 3. The highest BCUT2D eigenvalue weighted by Crippen LogP contribution is 2.27. The van der Waals surface area contributed by atoms with Crippen LogP contribution in [0.1, 0.15) is 32.3 Å². The fourth-order valence-electron chi connectivity index (χ4n) is 2.16. The molecular formula is C18H24N2O. The van der Waals surface area contributed by atoms with Crippen LogP contribution in [0.4, 0.5) is 17.1 Å². The van der Waals surface area contributed by atoms with Gasteiger partial charge in [0.2, 0.25) is 0 Å². The lowest BCUT2D eigenvalue weighted by Gasteiger charge is -2.12. The van der Waals surface area contributed by atoms with Crippen LogP contribution in [-0.4, -0.2) is 6.61 Å². The Kier molecular flexibility index (Phi) is 5.50. The first-order valence-electron chi connectivity index (χ1n) is 7.61. The van der Waals surface area contributed by atoms with E-state index >= 15 is 0 Å². The van der Waals surface area contributed by atoms with E-state index in [9.17, 15) is 0 Å². The molecule has 3 heteroatoms. The van der Waals surface area contributed by atoms with Crippen LogP contribution in [0.25, 0.3) is 0 Å². The van der Waals surface area contributed by atoms with Crippen LogP contribution in [0.5, 0.6) is 5.75 Å². The zero-order valence-electron chi connectivity index (χ0n) is 12.9. The molecule has 0 fully saturated rings. The van der Waals surface area contributed by atoms with Crippen LogP contribution in [0.2, 0.25) is 0 Å². The summed E-state index contributed by atoms with van der Waals surface area (Å²) in [4.78, 5) is 0. The van der Waals surface area contributed by atoms with Crippen molar-refractivity contribution in [2.24, 2.45) is 0 Å². The molecule has 0 aliphatic rings. The molecule has 0 amide bonds. The predicted octanol–water partition coefficient (Wildman–Crippen LogP) is 4.75. The van der Waals surface area contributed by atoms with Crippen LogP contribution in [0, 0.1) is 0 Å². The second-order valence-corrected chi connectivity index (χ2v) is 5.17. The molecule has 0 atom stereocenters. The highest BCUT2D eigenvalue weighted by atomic mass is 16.5. The molecule has 3 N–H and O–H groups in total. The van der Waals surface area contributed by atoms with Gasteiger partial charge in [-0.05, 0) is 42.7 Å². The van der Waals surface area contributed by atoms with E-state index in [0.717, 1.165) is 30.0 Å². The Hall–Kier alpha value is -2.16. The third kappa shape index (κ3) is 4.42. The Morgan fingerprint density at radius 1 is 0.952 bits per heavy atom. The Morgan fingerprint density at radius 2 is 1.67 bits per heavy atom. The minimum atomic E-state index is 0.673. The van der Waals surface area contributed by atoms with Gasteiger partial charge in [-0.2, -0.15) is 0 Å². The third-order valence-electron chi connectivity index (χ3n) is 3.26. The van der Waals surface area contributed by atoms with E-state index in [4.69, 9.17) is 10.5 Å². The van der Waals surface area contributed by atoms with E-state index in [0.29, 0.717) is 12.3 Å². The highest BCUT2D eigenvalue weighted by Gasteiger charge is 2.03. The molecule has 0 aliphatic heterocycles. The van der Waals surface area contributed by atoms with Gasteiger partial charge in [0.25, 0.3) is 0 Å². The SMILES string of the molecule is CCCOc1cc(Nc2ccc(CCC)cc2)ccc1N. The minimum absolute atomic E-state index is 0.673. The van der Waals surface area contributed by atoms with Crippen LogP contribution in [0.15, 0.2) is 42.5 Å². The van der Waals surface area contributed by atoms with Gasteiger partial charge in [-0.3, -0.25) is 0 Å². The molecule has 0 unspecified atom stereocenters. The summed E-state index contributed by atoms with van der Waals surface area (Å²) in [6.45, 7) is 4.95. The number of hydrogen-bond donors (Lipinski definition) is 2. The van der Waals surface area contributed by atoms with E-state index in [-0.39, 0.29) is 0 Å². The summed E-state index contributed by atoms with van der Waals surface area (Å²) < 4.78 is 5.65. The molecule has 0 bridgehead atoms. The largest absolute Gasteiger partial charge is 0.491 e. The molecule has 0 radical (unpaired) electrons. The first-order chi connectivity index (χ1) is 10.2. The van der Waals surface area contributed by atoms with Crippen LogP contribution in [-0.2, 0) is 6.42 Å². The third-order valence-corrected chi connectivity index (χ3v) is 3.26. The van der Waals surface area contributed by atoms with E-state index in [1.807, 2.05) is 18.2 Å². The summed E-state index contributed by atoms with van der Waals surface area (Å²) in [5, 5.41) is 3.38. The standard InChI is InChI=1S/C18H24N2O/c1-3-5-14-6-8-15(9-7-14)20-16-10-11-17(19)18(13-16)21-12-4-2/h6-11,13,20H,3-5,12,19H2,1-2H3. The topological polar surface area (TPSA) is 47.3 Å². The van der Waals surface area contributed by atoms with Crippen LogP contribution < -0.4 is 15.8 Å². The Bertz CT molecular complexity index is 564. The van der Waals surface area contributed by atoms with Crippen LogP contribution >= 0.6 is 0 Å². The zero-order chi connectivity index (χ0) is 15.1. The van der Waals surface area contributed by atoms with Crippen molar-refractivity contribution in [2.45, 2.75) is 33.1 Å². The summed E-state index contributed by atoms with van der Waals surface area (Å²) in [6, 6.07) is 14.3. The maximum absolute atomic E-state index is 5.92. The minimum Gasteiger partial charge on any atom is -0.491 e.